The molecule has 124 valence electrons. The van der Waals surface area contributed by atoms with E-state index < -0.39 is 8.32 Å². The Bertz CT molecular complexity index is 352. The molecule has 0 radical (unpaired) electrons. The number of carbonyl (C=O) groups is 1. The molecule has 0 aromatic heterocycles. The van der Waals surface area contributed by atoms with Crippen molar-refractivity contribution in [2.24, 2.45) is 5.41 Å². The third-order valence-corrected chi connectivity index (χ3v) is 8.73. The Hall–Kier alpha value is -0.613. The van der Waals surface area contributed by atoms with Gasteiger partial charge < -0.3 is 9.16 Å². The van der Waals surface area contributed by atoms with Crippen molar-refractivity contribution in [2.45, 2.75) is 72.5 Å². The van der Waals surface area contributed by atoms with E-state index in [9.17, 15) is 4.79 Å². The summed E-state index contributed by atoms with van der Waals surface area (Å²) in [7, 11) is -1.64. The molecule has 0 saturated carbocycles. The molecule has 0 aliphatic heterocycles. The standard InChI is InChI=1S/C17H34O3Si/c1-9-19-15(18)11-13-17(5,6)12-10-14-20-21(7,8)16(2,3)4/h11,13H,9-10,12,14H2,1-8H3. The monoisotopic (exact) mass is 314 g/mol. The zero-order valence-electron chi connectivity index (χ0n) is 15.2. The van der Waals surface area contributed by atoms with Crippen LogP contribution in [0.1, 0.15) is 54.4 Å². The molecular formula is C17H34O3Si. The van der Waals surface area contributed by atoms with E-state index >= 15 is 0 Å². The van der Waals surface area contributed by atoms with Gasteiger partial charge in [-0.1, -0.05) is 40.7 Å². The summed E-state index contributed by atoms with van der Waals surface area (Å²) >= 11 is 0. The zero-order valence-corrected chi connectivity index (χ0v) is 16.2. The highest BCUT2D eigenvalue weighted by atomic mass is 28.4. The van der Waals surface area contributed by atoms with Gasteiger partial charge in [0, 0.05) is 12.7 Å². The topological polar surface area (TPSA) is 35.5 Å². The summed E-state index contributed by atoms with van der Waals surface area (Å²) in [5.74, 6) is -0.261. The molecule has 0 saturated heterocycles. The van der Waals surface area contributed by atoms with Gasteiger partial charge in [0.2, 0.25) is 0 Å². The van der Waals surface area contributed by atoms with Crippen molar-refractivity contribution in [1.29, 1.82) is 0 Å². The molecule has 0 unspecified atom stereocenters. The molecule has 0 spiro atoms. The Labute approximate surface area is 132 Å². The predicted molar refractivity (Wildman–Crippen MR) is 91.9 cm³/mol. The summed E-state index contributed by atoms with van der Waals surface area (Å²) in [5.41, 5.74) is -0.0104. The molecule has 0 aliphatic carbocycles. The summed E-state index contributed by atoms with van der Waals surface area (Å²) < 4.78 is 11.1. The number of hydrogen-bond donors (Lipinski definition) is 0. The number of ether oxygens (including phenoxy) is 1. The second kappa shape index (κ2) is 8.13. The molecule has 0 amide bonds. The summed E-state index contributed by atoms with van der Waals surface area (Å²) in [6, 6.07) is 0. The van der Waals surface area contributed by atoms with Gasteiger partial charge in [0.05, 0.1) is 6.61 Å². The molecule has 4 heteroatoms. The Morgan fingerprint density at radius 2 is 1.71 bits per heavy atom. The number of esters is 1. The van der Waals surface area contributed by atoms with Gasteiger partial charge in [-0.2, -0.15) is 0 Å². The number of allylic oxidation sites excluding steroid dienone is 1. The van der Waals surface area contributed by atoms with Crippen LogP contribution in [0.25, 0.3) is 0 Å². The number of rotatable bonds is 8. The molecule has 3 nitrogen and oxygen atoms in total. The van der Waals surface area contributed by atoms with Gasteiger partial charge in [-0.25, -0.2) is 4.79 Å². The van der Waals surface area contributed by atoms with Crippen molar-refractivity contribution in [2.75, 3.05) is 13.2 Å². The van der Waals surface area contributed by atoms with Crippen LogP contribution in [0.15, 0.2) is 12.2 Å². The maximum absolute atomic E-state index is 11.3. The van der Waals surface area contributed by atoms with Crippen LogP contribution in [0.2, 0.25) is 18.1 Å². The zero-order chi connectivity index (χ0) is 16.7. The van der Waals surface area contributed by atoms with Gasteiger partial charge >= 0.3 is 5.97 Å². The van der Waals surface area contributed by atoms with Crippen LogP contribution in [-0.4, -0.2) is 27.5 Å². The average molecular weight is 315 g/mol. The van der Waals surface area contributed by atoms with E-state index in [4.69, 9.17) is 9.16 Å². The van der Waals surface area contributed by atoms with Crippen LogP contribution < -0.4 is 0 Å². The van der Waals surface area contributed by atoms with E-state index in [1.807, 2.05) is 13.0 Å². The SMILES string of the molecule is CCOC(=O)C=CC(C)(C)CCCO[Si](C)(C)C(C)(C)C. The number of carbonyl (C=O) groups excluding carboxylic acids is 1. The molecule has 0 aliphatic rings. The third kappa shape index (κ3) is 8.42. The fourth-order valence-corrected chi connectivity index (χ4v) is 2.73. The first-order valence-electron chi connectivity index (χ1n) is 7.91. The smallest absolute Gasteiger partial charge is 0.330 e. The molecule has 0 bridgehead atoms. The lowest BCUT2D eigenvalue weighted by Gasteiger charge is -2.36. The fraction of sp³-hybridized carbons (Fsp3) is 0.824. The molecule has 0 aromatic rings. The van der Waals surface area contributed by atoms with Gasteiger partial charge in [0.25, 0.3) is 0 Å². The fourth-order valence-electron chi connectivity index (χ4n) is 1.64. The lowest BCUT2D eigenvalue weighted by atomic mass is 9.87. The van der Waals surface area contributed by atoms with Crippen molar-refractivity contribution in [1.82, 2.24) is 0 Å². The van der Waals surface area contributed by atoms with Crippen LogP contribution in [0, 0.1) is 5.41 Å². The van der Waals surface area contributed by atoms with E-state index in [1.54, 1.807) is 0 Å². The summed E-state index contributed by atoms with van der Waals surface area (Å²) in [5, 5.41) is 0.256. The van der Waals surface area contributed by atoms with Crippen molar-refractivity contribution >= 4 is 14.3 Å². The summed E-state index contributed by atoms with van der Waals surface area (Å²) in [6.07, 6.45) is 5.49. The van der Waals surface area contributed by atoms with Crippen molar-refractivity contribution in [3.05, 3.63) is 12.2 Å². The number of hydrogen-bond acceptors (Lipinski definition) is 3. The van der Waals surface area contributed by atoms with Crippen molar-refractivity contribution in [3.8, 4) is 0 Å². The Morgan fingerprint density at radius 3 is 2.19 bits per heavy atom. The minimum atomic E-state index is -1.64. The molecule has 0 atom stereocenters. The van der Waals surface area contributed by atoms with E-state index in [2.05, 4.69) is 47.7 Å². The van der Waals surface area contributed by atoms with Gasteiger partial charge in [-0.3, -0.25) is 0 Å². The molecule has 0 fully saturated rings. The molecular weight excluding hydrogens is 280 g/mol. The average Bonchev–Trinajstić information content (AvgIpc) is 2.31. The van der Waals surface area contributed by atoms with Gasteiger partial charge in [0.1, 0.15) is 0 Å². The maximum atomic E-state index is 11.3. The lowest BCUT2D eigenvalue weighted by molar-refractivity contribution is -0.137. The van der Waals surface area contributed by atoms with Crippen LogP contribution >= 0.6 is 0 Å². The first kappa shape index (κ1) is 20.4. The second-order valence-corrected chi connectivity index (χ2v) is 12.6. The van der Waals surface area contributed by atoms with E-state index in [0.29, 0.717) is 6.61 Å². The second-order valence-electron chi connectivity index (χ2n) is 7.79. The van der Waals surface area contributed by atoms with E-state index in [-0.39, 0.29) is 16.4 Å². The Morgan fingerprint density at radius 1 is 1.14 bits per heavy atom. The quantitative estimate of drug-likeness (QED) is 0.276. The van der Waals surface area contributed by atoms with Gasteiger partial charge in [-0.05, 0) is 43.3 Å². The normalized spacial score (nSPS) is 13.7. The maximum Gasteiger partial charge on any atom is 0.330 e. The highest BCUT2D eigenvalue weighted by molar-refractivity contribution is 6.74. The first-order valence-corrected chi connectivity index (χ1v) is 10.8. The van der Waals surface area contributed by atoms with Crippen LogP contribution in [-0.2, 0) is 14.0 Å². The molecule has 0 rings (SSSR count). The Balaban J connectivity index is 4.19. The lowest BCUT2D eigenvalue weighted by Crippen LogP contribution is -2.41. The largest absolute Gasteiger partial charge is 0.463 e. The van der Waals surface area contributed by atoms with E-state index in [0.717, 1.165) is 19.4 Å². The minimum Gasteiger partial charge on any atom is -0.463 e. The van der Waals surface area contributed by atoms with E-state index in [1.165, 1.54) is 6.08 Å². The third-order valence-electron chi connectivity index (χ3n) is 4.19. The van der Waals surface area contributed by atoms with Crippen LogP contribution in [0.3, 0.4) is 0 Å². The van der Waals surface area contributed by atoms with Crippen LogP contribution in [0.4, 0.5) is 0 Å². The van der Waals surface area contributed by atoms with Gasteiger partial charge in [-0.15, -0.1) is 0 Å². The molecule has 21 heavy (non-hydrogen) atoms. The van der Waals surface area contributed by atoms with Crippen molar-refractivity contribution < 1.29 is 14.0 Å². The highest BCUT2D eigenvalue weighted by Gasteiger charge is 2.36. The summed E-state index contributed by atoms with van der Waals surface area (Å²) in [6.45, 7) is 18.6. The summed E-state index contributed by atoms with van der Waals surface area (Å²) in [4.78, 5) is 11.3. The first-order chi connectivity index (χ1) is 9.41. The molecule has 0 aromatic carbocycles. The minimum absolute atomic E-state index is 0.0104. The molecule has 0 N–H and O–H groups in total. The Kier molecular flexibility index (Phi) is 7.90. The van der Waals surface area contributed by atoms with Crippen molar-refractivity contribution in [3.63, 3.8) is 0 Å². The highest BCUT2D eigenvalue weighted by Crippen LogP contribution is 2.36. The molecule has 0 heterocycles. The van der Waals surface area contributed by atoms with Gasteiger partial charge in [0.15, 0.2) is 8.32 Å². The van der Waals surface area contributed by atoms with Crippen LogP contribution in [0.5, 0.6) is 0 Å². The predicted octanol–water partition coefficient (Wildman–Crippen LogP) is 4.93.